The zero-order valence-corrected chi connectivity index (χ0v) is 8.69. The third kappa shape index (κ3) is 2.05. The van der Waals surface area contributed by atoms with Gasteiger partial charge in [0.2, 0.25) is 5.12 Å². The van der Waals surface area contributed by atoms with Crippen molar-refractivity contribution in [1.82, 2.24) is 9.97 Å². The fourth-order valence-corrected chi connectivity index (χ4v) is 1.50. The number of rotatable bonds is 2. The maximum absolute atomic E-state index is 11.2. The van der Waals surface area contributed by atoms with E-state index in [2.05, 4.69) is 22.6 Å². The molecule has 0 unspecified atom stereocenters. The van der Waals surface area contributed by atoms with Gasteiger partial charge in [-0.2, -0.15) is 0 Å². The van der Waals surface area contributed by atoms with Gasteiger partial charge >= 0.3 is 0 Å². The van der Waals surface area contributed by atoms with Crippen molar-refractivity contribution >= 4 is 17.7 Å². The van der Waals surface area contributed by atoms with E-state index in [-0.39, 0.29) is 5.12 Å². The third-order valence-corrected chi connectivity index (χ3v) is 2.21. The zero-order valence-electron chi connectivity index (χ0n) is 7.79. The highest BCUT2D eigenvalue weighted by atomic mass is 32.1. The second-order valence-electron chi connectivity index (χ2n) is 2.92. The highest BCUT2D eigenvalue weighted by molar-refractivity contribution is 7.97. The minimum atomic E-state index is -0.280. The predicted molar refractivity (Wildman–Crippen MR) is 60.8 cm³/mol. The molecule has 0 radical (unpaired) electrons. The Bertz CT molecular complexity index is 485. The molecule has 2 aromatic rings. The molecule has 0 aliphatic rings. The Kier molecular flexibility index (Phi) is 2.78. The van der Waals surface area contributed by atoms with Crippen LogP contribution in [0.1, 0.15) is 10.4 Å². The molecule has 0 amide bonds. The first kappa shape index (κ1) is 9.86. The van der Waals surface area contributed by atoms with E-state index in [0.29, 0.717) is 17.0 Å². The Morgan fingerprint density at radius 2 is 1.73 bits per heavy atom. The lowest BCUT2D eigenvalue weighted by atomic mass is 10.1. The Labute approximate surface area is 92.6 Å². The lowest BCUT2D eigenvalue weighted by Crippen LogP contribution is -1.96. The Balaban J connectivity index is 2.58. The average Bonchev–Trinajstić information content (AvgIpc) is 2.30. The van der Waals surface area contributed by atoms with Crippen LogP contribution in [0.5, 0.6) is 0 Å². The number of nitrogens with zero attached hydrogens (tertiary/aromatic N) is 2. The third-order valence-electron chi connectivity index (χ3n) is 1.96. The summed E-state index contributed by atoms with van der Waals surface area (Å²) in [5.74, 6) is 0.538. The van der Waals surface area contributed by atoms with Gasteiger partial charge in [-0.15, -0.1) is 12.6 Å². The smallest absolute Gasteiger partial charge is 0.217 e. The number of carbonyl (C=O) groups is 1. The quantitative estimate of drug-likeness (QED) is 0.783. The minimum absolute atomic E-state index is 0.280. The number of carbonyl (C=O) groups excluding carboxylic acids is 1. The molecule has 0 fully saturated rings. The van der Waals surface area contributed by atoms with Crippen LogP contribution in [0, 0.1) is 0 Å². The largest absolute Gasteiger partial charge is 0.282 e. The predicted octanol–water partition coefficient (Wildman–Crippen LogP) is 2.21. The van der Waals surface area contributed by atoms with Crippen molar-refractivity contribution in [1.29, 1.82) is 0 Å². The highest BCUT2D eigenvalue weighted by Crippen LogP contribution is 2.20. The summed E-state index contributed by atoms with van der Waals surface area (Å²) in [7, 11) is 0. The summed E-state index contributed by atoms with van der Waals surface area (Å²) in [6.07, 6.45) is 3.28. The van der Waals surface area contributed by atoms with Crippen LogP contribution in [-0.4, -0.2) is 15.1 Å². The normalized spacial score (nSPS) is 9.93. The second kappa shape index (κ2) is 4.23. The molecule has 0 bridgehead atoms. The summed E-state index contributed by atoms with van der Waals surface area (Å²) >= 11 is 3.81. The summed E-state index contributed by atoms with van der Waals surface area (Å²) in [4.78, 5) is 19.4. The summed E-state index contributed by atoms with van der Waals surface area (Å²) < 4.78 is 0. The zero-order chi connectivity index (χ0) is 10.7. The molecule has 0 saturated carbocycles. The molecule has 0 aliphatic heterocycles. The van der Waals surface area contributed by atoms with Crippen molar-refractivity contribution in [3.63, 3.8) is 0 Å². The summed E-state index contributed by atoms with van der Waals surface area (Å²) in [6, 6.07) is 8.87. The van der Waals surface area contributed by atoms with Gasteiger partial charge in [-0.05, 0) is 12.1 Å². The van der Waals surface area contributed by atoms with E-state index >= 15 is 0 Å². The minimum Gasteiger partial charge on any atom is -0.282 e. The van der Waals surface area contributed by atoms with Gasteiger partial charge in [-0.25, -0.2) is 9.97 Å². The molecule has 0 atom stereocenters. The van der Waals surface area contributed by atoms with Crippen LogP contribution >= 0.6 is 12.6 Å². The van der Waals surface area contributed by atoms with Gasteiger partial charge < -0.3 is 0 Å². The molecule has 0 N–H and O–H groups in total. The van der Waals surface area contributed by atoms with Crippen molar-refractivity contribution in [2.24, 2.45) is 0 Å². The average molecular weight is 216 g/mol. The monoisotopic (exact) mass is 216 g/mol. The van der Waals surface area contributed by atoms with Crippen LogP contribution in [-0.2, 0) is 0 Å². The maximum atomic E-state index is 11.2. The van der Waals surface area contributed by atoms with Crippen LogP contribution < -0.4 is 0 Å². The molecule has 1 aromatic heterocycles. The molecule has 3 nitrogen and oxygen atoms in total. The van der Waals surface area contributed by atoms with Crippen molar-refractivity contribution in [3.05, 3.63) is 48.3 Å². The van der Waals surface area contributed by atoms with Gasteiger partial charge in [0.1, 0.15) is 0 Å². The van der Waals surface area contributed by atoms with Gasteiger partial charge in [0.05, 0.1) is 0 Å². The van der Waals surface area contributed by atoms with Crippen molar-refractivity contribution in [3.8, 4) is 11.4 Å². The van der Waals surface area contributed by atoms with E-state index in [0.717, 1.165) is 0 Å². The molecule has 15 heavy (non-hydrogen) atoms. The summed E-state index contributed by atoms with van der Waals surface area (Å²) in [5, 5.41) is -0.280. The van der Waals surface area contributed by atoms with Crippen molar-refractivity contribution < 1.29 is 4.79 Å². The van der Waals surface area contributed by atoms with E-state index < -0.39 is 0 Å². The lowest BCUT2D eigenvalue weighted by molar-refractivity contribution is 0.109. The van der Waals surface area contributed by atoms with Crippen LogP contribution in [0.3, 0.4) is 0 Å². The van der Waals surface area contributed by atoms with Gasteiger partial charge in [-0.3, -0.25) is 4.79 Å². The fraction of sp³-hybridized carbons (Fsp3) is 0. The molecule has 74 valence electrons. The van der Waals surface area contributed by atoms with E-state index in [4.69, 9.17) is 0 Å². The van der Waals surface area contributed by atoms with Gasteiger partial charge in [0.25, 0.3) is 0 Å². The van der Waals surface area contributed by atoms with Gasteiger partial charge in [0.15, 0.2) is 5.82 Å². The Hall–Kier alpha value is -1.68. The molecule has 4 heteroatoms. The summed E-state index contributed by atoms with van der Waals surface area (Å²) in [5.41, 5.74) is 1.23. The molecular weight excluding hydrogens is 208 g/mol. The molecule has 0 saturated heterocycles. The van der Waals surface area contributed by atoms with Crippen LogP contribution in [0.15, 0.2) is 42.7 Å². The first-order chi connectivity index (χ1) is 7.29. The number of hydrogen-bond donors (Lipinski definition) is 1. The molecule has 0 aliphatic carbocycles. The topological polar surface area (TPSA) is 42.9 Å². The van der Waals surface area contributed by atoms with Crippen molar-refractivity contribution in [2.75, 3.05) is 0 Å². The van der Waals surface area contributed by atoms with Crippen LogP contribution in [0.4, 0.5) is 0 Å². The number of hydrogen-bond acceptors (Lipinski definition) is 3. The SMILES string of the molecule is O=C(S)c1ccccc1-c1ncccn1. The maximum Gasteiger partial charge on any atom is 0.217 e. The first-order valence-electron chi connectivity index (χ1n) is 4.39. The Morgan fingerprint density at radius 3 is 2.40 bits per heavy atom. The molecule has 0 spiro atoms. The number of thiol groups is 1. The summed E-state index contributed by atoms with van der Waals surface area (Å²) in [6.45, 7) is 0. The molecule has 2 rings (SSSR count). The second-order valence-corrected chi connectivity index (χ2v) is 3.33. The number of benzene rings is 1. The van der Waals surface area contributed by atoms with E-state index in [1.807, 2.05) is 6.07 Å². The molecule has 1 aromatic carbocycles. The van der Waals surface area contributed by atoms with Crippen LogP contribution in [0.2, 0.25) is 0 Å². The van der Waals surface area contributed by atoms with E-state index in [1.54, 1.807) is 36.7 Å². The van der Waals surface area contributed by atoms with Gasteiger partial charge in [-0.1, -0.05) is 18.2 Å². The highest BCUT2D eigenvalue weighted by Gasteiger charge is 2.10. The fourth-order valence-electron chi connectivity index (χ4n) is 1.30. The van der Waals surface area contributed by atoms with Gasteiger partial charge in [0, 0.05) is 23.5 Å². The molecular formula is C11H8N2OS. The van der Waals surface area contributed by atoms with E-state index in [1.165, 1.54) is 0 Å². The van der Waals surface area contributed by atoms with Crippen LogP contribution in [0.25, 0.3) is 11.4 Å². The first-order valence-corrected chi connectivity index (χ1v) is 4.83. The Morgan fingerprint density at radius 1 is 1.07 bits per heavy atom. The lowest BCUT2D eigenvalue weighted by Gasteiger charge is -2.03. The standard InChI is InChI=1S/C11H8N2OS/c14-11(15)9-5-2-1-4-8(9)10-12-6-3-7-13-10/h1-7H,(H,14,15). The van der Waals surface area contributed by atoms with Crippen molar-refractivity contribution in [2.45, 2.75) is 0 Å². The molecule has 1 heterocycles. The van der Waals surface area contributed by atoms with E-state index in [9.17, 15) is 4.79 Å². The number of aromatic nitrogens is 2.